The molecule has 0 amide bonds. The first kappa shape index (κ1) is 18.1. The maximum absolute atomic E-state index is 12.4. The topological polar surface area (TPSA) is 55.3 Å². The second-order valence-electron chi connectivity index (χ2n) is 6.22. The first-order chi connectivity index (χ1) is 11.6. The van der Waals surface area contributed by atoms with Crippen LogP contribution in [0.1, 0.15) is 31.7 Å². The number of nitrogens with zero attached hydrogens (tertiary/aromatic N) is 3. The maximum Gasteiger partial charge on any atom is 0.323 e. The zero-order chi connectivity index (χ0) is 17.4. The normalized spacial score (nSPS) is 12.4. The third-order valence-corrected chi connectivity index (χ3v) is 3.79. The molecule has 24 heavy (non-hydrogen) atoms. The summed E-state index contributed by atoms with van der Waals surface area (Å²) in [6, 6.07) is 11.3. The molecule has 2 aromatic heterocycles. The van der Waals surface area contributed by atoms with Crippen molar-refractivity contribution in [1.29, 1.82) is 0 Å². The summed E-state index contributed by atoms with van der Waals surface area (Å²) in [7, 11) is 1.44. The van der Waals surface area contributed by atoms with Crippen LogP contribution in [0.5, 0.6) is 0 Å². The van der Waals surface area contributed by atoms with Gasteiger partial charge in [0.15, 0.2) is 0 Å². The van der Waals surface area contributed by atoms with Gasteiger partial charge < -0.3 is 4.74 Å². The Labute approximate surface area is 143 Å². The summed E-state index contributed by atoms with van der Waals surface area (Å²) in [5.74, 6) is 0.166. The third kappa shape index (κ3) is 5.42. The highest BCUT2D eigenvalue weighted by atomic mass is 16.5. The summed E-state index contributed by atoms with van der Waals surface area (Å²) >= 11 is 0. The highest BCUT2D eigenvalue weighted by Crippen LogP contribution is 2.18. The summed E-state index contributed by atoms with van der Waals surface area (Å²) in [5.41, 5.74) is 1.84. The molecule has 0 unspecified atom stereocenters. The van der Waals surface area contributed by atoms with Crippen molar-refractivity contribution in [2.75, 3.05) is 7.11 Å². The van der Waals surface area contributed by atoms with Crippen LogP contribution in [-0.4, -0.2) is 34.0 Å². The Balaban J connectivity index is 2.26. The molecule has 2 rings (SSSR count). The molecule has 0 aliphatic carbocycles. The van der Waals surface area contributed by atoms with E-state index in [-0.39, 0.29) is 12.0 Å². The summed E-state index contributed by atoms with van der Waals surface area (Å²) < 4.78 is 5.05. The van der Waals surface area contributed by atoms with Gasteiger partial charge in [-0.1, -0.05) is 26.0 Å². The monoisotopic (exact) mass is 327 g/mol. The van der Waals surface area contributed by atoms with Gasteiger partial charge in [0, 0.05) is 25.5 Å². The Morgan fingerprint density at radius 3 is 1.96 bits per heavy atom. The van der Waals surface area contributed by atoms with Gasteiger partial charge in [-0.2, -0.15) is 0 Å². The Kier molecular flexibility index (Phi) is 6.88. The number of aromatic nitrogens is 2. The maximum atomic E-state index is 12.4. The quantitative estimate of drug-likeness (QED) is 0.698. The molecule has 0 saturated carbocycles. The van der Waals surface area contributed by atoms with E-state index in [0.717, 1.165) is 17.8 Å². The van der Waals surface area contributed by atoms with E-state index in [4.69, 9.17) is 4.74 Å². The molecular weight excluding hydrogens is 302 g/mol. The standard InChI is InChI=1S/C19H25N3O2/c1-15(2)12-18(19(23)24-3)22(13-16-8-4-6-10-20-16)14-17-9-5-7-11-21-17/h4-11,15,18H,12-14H2,1-3H3/t18-/m0/s1. The molecule has 5 heteroatoms. The number of pyridine rings is 2. The number of hydrogen-bond donors (Lipinski definition) is 0. The molecule has 2 aromatic rings. The molecule has 0 aromatic carbocycles. The first-order valence-corrected chi connectivity index (χ1v) is 8.22. The second kappa shape index (κ2) is 9.13. The van der Waals surface area contributed by atoms with Crippen molar-refractivity contribution in [3.63, 3.8) is 0 Å². The largest absolute Gasteiger partial charge is 0.468 e. The molecule has 1 atom stereocenters. The molecule has 5 nitrogen and oxygen atoms in total. The van der Waals surface area contributed by atoms with E-state index in [1.807, 2.05) is 36.4 Å². The molecule has 0 spiro atoms. The molecule has 128 valence electrons. The van der Waals surface area contributed by atoms with Gasteiger partial charge in [0.25, 0.3) is 0 Å². The summed E-state index contributed by atoms with van der Waals surface area (Å²) in [6.07, 6.45) is 4.26. The van der Waals surface area contributed by atoms with Crippen LogP contribution >= 0.6 is 0 Å². The number of carbonyl (C=O) groups excluding carboxylic acids is 1. The van der Waals surface area contributed by atoms with E-state index in [1.54, 1.807) is 12.4 Å². The Bertz CT molecular complexity index is 576. The van der Waals surface area contributed by atoms with Crippen molar-refractivity contribution in [2.24, 2.45) is 5.92 Å². The Hall–Kier alpha value is -2.27. The minimum atomic E-state index is -0.320. The van der Waals surface area contributed by atoms with E-state index in [1.165, 1.54) is 7.11 Å². The highest BCUT2D eigenvalue weighted by Gasteiger charge is 2.28. The molecule has 0 saturated heterocycles. The number of hydrogen-bond acceptors (Lipinski definition) is 5. The molecule has 0 radical (unpaired) electrons. The van der Waals surface area contributed by atoms with Crippen LogP contribution in [0, 0.1) is 5.92 Å². The fourth-order valence-electron chi connectivity index (χ4n) is 2.65. The van der Waals surface area contributed by atoms with Crippen LogP contribution in [0.25, 0.3) is 0 Å². The van der Waals surface area contributed by atoms with Gasteiger partial charge in [-0.25, -0.2) is 0 Å². The van der Waals surface area contributed by atoms with Crippen LogP contribution < -0.4 is 0 Å². The summed E-state index contributed by atoms with van der Waals surface area (Å²) in [6.45, 7) is 5.36. The number of ether oxygens (including phenoxy) is 1. The lowest BCUT2D eigenvalue weighted by atomic mass is 10.0. The highest BCUT2D eigenvalue weighted by molar-refractivity contribution is 5.75. The minimum Gasteiger partial charge on any atom is -0.468 e. The number of methoxy groups -OCH3 is 1. The Morgan fingerprint density at radius 2 is 1.58 bits per heavy atom. The predicted molar refractivity (Wildman–Crippen MR) is 93.0 cm³/mol. The molecule has 2 heterocycles. The molecular formula is C19H25N3O2. The van der Waals surface area contributed by atoms with Crippen molar-refractivity contribution < 1.29 is 9.53 Å². The van der Waals surface area contributed by atoms with Gasteiger partial charge in [-0.15, -0.1) is 0 Å². The summed E-state index contributed by atoms with van der Waals surface area (Å²) in [5, 5.41) is 0. The average Bonchev–Trinajstić information content (AvgIpc) is 2.60. The van der Waals surface area contributed by atoms with Gasteiger partial charge in [0.2, 0.25) is 0 Å². The minimum absolute atomic E-state index is 0.212. The lowest BCUT2D eigenvalue weighted by Gasteiger charge is -2.30. The Morgan fingerprint density at radius 1 is 1.04 bits per heavy atom. The van der Waals surface area contributed by atoms with Gasteiger partial charge in [-0.3, -0.25) is 19.7 Å². The summed E-state index contributed by atoms with van der Waals surface area (Å²) in [4.78, 5) is 23.2. The van der Waals surface area contributed by atoms with Crippen LogP contribution in [0.4, 0.5) is 0 Å². The van der Waals surface area contributed by atoms with E-state index < -0.39 is 0 Å². The zero-order valence-electron chi connectivity index (χ0n) is 14.6. The molecule has 0 fully saturated rings. The molecule has 0 aliphatic heterocycles. The van der Waals surface area contributed by atoms with Gasteiger partial charge in [-0.05, 0) is 36.6 Å². The second-order valence-corrected chi connectivity index (χ2v) is 6.22. The molecule has 0 aliphatic rings. The van der Waals surface area contributed by atoms with Crippen LogP contribution in [0.2, 0.25) is 0 Å². The average molecular weight is 327 g/mol. The third-order valence-electron chi connectivity index (χ3n) is 3.79. The van der Waals surface area contributed by atoms with Crippen molar-refractivity contribution in [3.05, 3.63) is 60.2 Å². The molecule has 0 N–H and O–H groups in total. The van der Waals surface area contributed by atoms with Crippen LogP contribution in [0.15, 0.2) is 48.8 Å². The smallest absolute Gasteiger partial charge is 0.323 e. The van der Waals surface area contributed by atoms with E-state index in [0.29, 0.717) is 19.0 Å². The lowest BCUT2D eigenvalue weighted by Crippen LogP contribution is -2.42. The first-order valence-electron chi connectivity index (χ1n) is 8.22. The number of rotatable bonds is 8. The SMILES string of the molecule is COC(=O)[C@H](CC(C)C)N(Cc1ccccn1)Cc1ccccn1. The number of carbonyl (C=O) groups is 1. The van der Waals surface area contributed by atoms with Gasteiger partial charge in [0.1, 0.15) is 6.04 Å². The van der Waals surface area contributed by atoms with Crippen LogP contribution in [-0.2, 0) is 22.6 Å². The van der Waals surface area contributed by atoms with E-state index in [2.05, 4.69) is 28.7 Å². The fraction of sp³-hybridized carbons (Fsp3) is 0.421. The van der Waals surface area contributed by atoms with Crippen molar-refractivity contribution >= 4 is 5.97 Å². The van der Waals surface area contributed by atoms with Crippen molar-refractivity contribution in [3.8, 4) is 0 Å². The zero-order valence-corrected chi connectivity index (χ0v) is 14.6. The van der Waals surface area contributed by atoms with Crippen molar-refractivity contribution in [2.45, 2.75) is 39.4 Å². The number of esters is 1. The van der Waals surface area contributed by atoms with Gasteiger partial charge >= 0.3 is 5.97 Å². The van der Waals surface area contributed by atoms with E-state index in [9.17, 15) is 4.79 Å². The van der Waals surface area contributed by atoms with Crippen LogP contribution in [0.3, 0.4) is 0 Å². The predicted octanol–water partition coefficient (Wildman–Crippen LogP) is 3.07. The fourth-order valence-corrected chi connectivity index (χ4v) is 2.65. The van der Waals surface area contributed by atoms with Gasteiger partial charge in [0.05, 0.1) is 18.5 Å². The van der Waals surface area contributed by atoms with Crippen molar-refractivity contribution in [1.82, 2.24) is 14.9 Å². The van der Waals surface area contributed by atoms with E-state index >= 15 is 0 Å². The molecule has 0 bridgehead atoms. The lowest BCUT2D eigenvalue weighted by molar-refractivity contribution is -0.148.